The minimum atomic E-state index is -0.891. The van der Waals surface area contributed by atoms with E-state index in [0.29, 0.717) is 11.3 Å². The topological polar surface area (TPSA) is 68.1 Å². The normalized spacial score (nSPS) is 11.2. The van der Waals surface area contributed by atoms with Crippen molar-refractivity contribution in [2.45, 2.75) is 19.8 Å². The summed E-state index contributed by atoms with van der Waals surface area (Å²) < 4.78 is 5.67. The summed E-state index contributed by atoms with van der Waals surface area (Å²) in [5.41, 5.74) is 4.85. The van der Waals surface area contributed by atoms with Crippen molar-refractivity contribution in [1.82, 2.24) is 0 Å². The molecule has 1 N–H and O–H groups in total. The highest BCUT2D eigenvalue weighted by Gasteiger charge is 2.07. The summed E-state index contributed by atoms with van der Waals surface area (Å²) in [6.07, 6.45) is 0.668. The van der Waals surface area contributed by atoms with Crippen LogP contribution in [0, 0.1) is 0 Å². The molecule has 0 aliphatic rings. The summed E-state index contributed by atoms with van der Waals surface area (Å²) in [7, 11) is 0. The van der Waals surface area contributed by atoms with E-state index in [1.54, 1.807) is 18.2 Å². The van der Waals surface area contributed by atoms with Crippen LogP contribution in [0.4, 0.5) is 0 Å². The fourth-order valence-corrected chi connectivity index (χ4v) is 3.07. The molecule has 0 unspecified atom stereocenters. The molecule has 30 heavy (non-hydrogen) atoms. The molecule has 3 aromatic carbocycles. The highest BCUT2D eigenvalue weighted by atomic mass is 16.6. The third kappa shape index (κ3) is 5.95. The maximum absolute atomic E-state index is 10.9. The smallest absolute Gasteiger partial charge is 0.307 e. The summed E-state index contributed by atoms with van der Waals surface area (Å²) in [5.74, 6) is -0.336. The molecule has 0 atom stereocenters. The van der Waals surface area contributed by atoms with Crippen molar-refractivity contribution in [2.75, 3.05) is 13.2 Å². The molecule has 0 amide bonds. The zero-order valence-electron chi connectivity index (χ0n) is 17.0. The summed E-state index contributed by atoms with van der Waals surface area (Å²) in [4.78, 5) is 16.4. The Kier molecular flexibility index (Phi) is 7.61. The van der Waals surface area contributed by atoms with Crippen LogP contribution < -0.4 is 4.74 Å². The van der Waals surface area contributed by atoms with Crippen LogP contribution in [-0.4, -0.2) is 30.0 Å². The van der Waals surface area contributed by atoms with E-state index in [9.17, 15) is 4.79 Å². The molecule has 0 aliphatic heterocycles. The maximum atomic E-state index is 10.9. The highest BCUT2D eigenvalue weighted by Crippen LogP contribution is 2.20. The minimum absolute atomic E-state index is 0.0753. The zero-order valence-corrected chi connectivity index (χ0v) is 17.0. The van der Waals surface area contributed by atoms with Crippen LogP contribution in [0.5, 0.6) is 5.75 Å². The molecule has 0 aromatic heterocycles. The monoisotopic (exact) mass is 403 g/mol. The number of para-hydroxylation sites is 1. The van der Waals surface area contributed by atoms with Crippen molar-refractivity contribution in [2.24, 2.45) is 5.16 Å². The van der Waals surface area contributed by atoms with E-state index in [1.165, 1.54) is 5.56 Å². The van der Waals surface area contributed by atoms with Gasteiger partial charge >= 0.3 is 5.97 Å². The van der Waals surface area contributed by atoms with Gasteiger partial charge < -0.3 is 14.7 Å². The first-order valence-electron chi connectivity index (χ1n) is 9.94. The van der Waals surface area contributed by atoms with Crippen LogP contribution in [0.15, 0.2) is 84.0 Å². The molecule has 154 valence electrons. The van der Waals surface area contributed by atoms with Gasteiger partial charge in [-0.25, -0.2) is 0 Å². The molecule has 0 radical (unpaired) electrons. The van der Waals surface area contributed by atoms with Gasteiger partial charge in [-0.15, -0.1) is 0 Å². The van der Waals surface area contributed by atoms with Gasteiger partial charge in [-0.3, -0.25) is 4.79 Å². The Labute approximate surface area is 176 Å². The molecule has 5 heteroatoms. The Morgan fingerprint density at radius 2 is 1.53 bits per heavy atom. The third-order valence-corrected chi connectivity index (χ3v) is 4.58. The fraction of sp³-hybridized carbons (Fsp3) is 0.200. The minimum Gasteiger partial charge on any atom is -0.490 e. The van der Waals surface area contributed by atoms with E-state index < -0.39 is 5.97 Å². The van der Waals surface area contributed by atoms with Gasteiger partial charge in [-0.2, -0.15) is 0 Å². The lowest BCUT2D eigenvalue weighted by molar-refractivity contribution is -0.136. The average Bonchev–Trinajstić information content (AvgIpc) is 2.78. The lowest BCUT2D eigenvalue weighted by atomic mass is 10.0. The van der Waals surface area contributed by atoms with Crippen molar-refractivity contribution in [1.29, 1.82) is 0 Å². The number of hydrogen-bond acceptors (Lipinski definition) is 4. The molecule has 0 spiro atoms. The lowest BCUT2D eigenvalue weighted by Gasteiger charge is -2.10. The Bertz CT molecular complexity index is 982. The summed E-state index contributed by atoms with van der Waals surface area (Å²) in [5, 5.41) is 13.2. The second-order valence-electron chi connectivity index (χ2n) is 6.69. The quantitative estimate of drug-likeness (QED) is 0.287. The number of oxime groups is 1. The number of carbonyl (C=O) groups is 1. The van der Waals surface area contributed by atoms with Crippen LogP contribution in [0.3, 0.4) is 0 Å². The van der Waals surface area contributed by atoms with E-state index in [4.69, 9.17) is 14.7 Å². The molecule has 3 rings (SSSR count). The summed E-state index contributed by atoms with van der Waals surface area (Å²) in [6.45, 7) is 2.59. The Balaban J connectivity index is 1.54. The van der Waals surface area contributed by atoms with E-state index >= 15 is 0 Å². The van der Waals surface area contributed by atoms with E-state index in [0.717, 1.165) is 23.3 Å². The molecule has 0 saturated heterocycles. The molecule has 3 aromatic rings. The van der Waals surface area contributed by atoms with Gasteiger partial charge in [-0.1, -0.05) is 84.9 Å². The van der Waals surface area contributed by atoms with Crippen molar-refractivity contribution >= 4 is 11.7 Å². The molecule has 0 saturated carbocycles. The molecular weight excluding hydrogens is 378 g/mol. The Morgan fingerprint density at radius 1 is 0.867 bits per heavy atom. The third-order valence-electron chi connectivity index (χ3n) is 4.58. The van der Waals surface area contributed by atoms with Crippen LogP contribution in [0.25, 0.3) is 11.1 Å². The van der Waals surface area contributed by atoms with Crippen LogP contribution in [-0.2, 0) is 16.1 Å². The number of hydrogen-bond donors (Lipinski definition) is 1. The predicted octanol–water partition coefficient (Wildman–Crippen LogP) is 5.19. The van der Waals surface area contributed by atoms with Crippen LogP contribution >= 0.6 is 0 Å². The number of ether oxygens (including phenoxy) is 1. The van der Waals surface area contributed by atoms with Gasteiger partial charge in [0, 0.05) is 5.56 Å². The summed E-state index contributed by atoms with van der Waals surface area (Å²) >= 11 is 0. The van der Waals surface area contributed by atoms with Gasteiger partial charge in [0.2, 0.25) is 0 Å². The number of carboxylic acid groups (broad SMARTS) is 1. The standard InChI is InChI=1S/C25H25NO4/c1-2-23(21-14-12-20(13-15-21)19-8-4-3-5-9-19)26-30-17-16-29-24-11-7-6-10-22(24)18-25(27)28/h3-15H,2,16-18H2,1H3,(H,27,28). The molecular formula is C25H25NO4. The largest absolute Gasteiger partial charge is 0.490 e. The first kappa shape index (κ1) is 21.1. The van der Waals surface area contributed by atoms with Crippen LogP contribution in [0.2, 0.25) is 0 Å². The van der Waals surface area contributed by atoms with Crippen molar-refractivity contribution in [3.05, 3.63) is 90.0 Å². The van der Waals surface area contributed by atoms with Gasteiger partial charge in [0.1, 0.15) is 12.4 Å². The molecule has 0 heterocycles. The highest BCUT2D eigenvalue weighted by molar-refractivity contribution is 6.00. The average molecular weight is 403 g/mol. The van der Waals surface area contributed by atoms with Gasteiger partial charge in [0.05, 0.1) is 12.1 Å². The van der Waals surface area contributed by atoms with Crippen LogP contribution in [0.1, 0.15) is 24.5 Å². The fourth-order valence-electron chi connectivity index (χ4n) is 3.07. The molecule has 5 nitrogen and oxygen atoms in total. The molecule has 0 aliphatic carbocycles. The first-order valence-corrected chi connectivity index (χ1v) is 9.94. The predicted molar refractivity (Wildman–Crippen MR) is 118 cm³/mol. The second kappa shape index (κ2) is 10.8. The van der Waals surface area contributed by atoms with E-state index in [1.807, 2.05) is 43.3 Å². The molecule has 0 bridgehead atoms. The number of rotatable bonds is 10. The van der Waals surface area contributed by atoms with Gasteiger partial charge in [-0.05, 0) is 29.2 Å². The number of nitrogens with zero attached hydrogens (tertiary/aromatic N) is 1. The Hall–Kier alpha value is -3.60. The number of benzene rings is 3. The van der Waals surface area contributed by atoms with Gasteiger partial charge in [0.15, 0.2) is 6.61 Å². The van der Waals surface area contributed by atoms with Crippen molar-refractivity contribution < 1.29 is 19.5 Å². The lowest BCUT2D eigenvalue weighted by Crippen LogP contribution is -2.09. The van der Waals surface area contributed by atoms with E-state index in [2.05, 4.69) is 29.4 Å². The summed E-state index contributed by atoms with van der Waals surface area (Å²) in [6, 6.07) is 25.6. The van der Waals surface area contributed by atoms with Crippen molar-refractivity contribution in [3.8, 4) is 16.9 Å². The SMILES string of the molecule is CCC(=NOCCOc1ccccc1CC(=O)O)c1ccc(-c2ccccc2)cc1. The Morgan fingerprint density at radius 3 is 2.23 bits per heavy atom. The number of carboxylic acids is 1. The molecule has 0 fully saturated rings. The first-order chi connectivity index (χ1) is 14.7. The van der Waals surface area contributed by atoms with Crippen molar-refractivity contribution in [3.63, 3.8) is 0 Å². The number of aliphatic carboxylic acids is 1. The zero-order chi connectivity index (χ0) is 21.2. The second-order valence-corrected chi connectivity index (χ2v) is 6.69. The van der Waals surface area contributed by atoms with E-state index in [-0.39, 0.29) is 19.6 Å². The maximum Gasteiger partial charge on any atom is 0.307 e. The van der Waals surface area contributed by atoms with Gasteiger partial charge in [0.25, 0.3) is 0 Å².